The third-order valence-corrected chi connectivity index (χ3v) is 4.16. The van der Waals surface area contributed by atoms with Gasteiger partial charge in [-0.3, -0.25) is 15.1 Å². The first kappa shape index (κ1) is 22.1. The number of alkyl halides is 3. The van der Waals surface area contributed by atoms with Gasteiger partial charge in [0, 0.05) is 18.5 Å². The predicted molar refractivity (Wildman–Crippen MR) is 105 cm³/mol. The molecule has 0 aliphatic heterocycles. The summed E-state index contributed by atoms with van der Waals surface area (Å²) in [5.74, 6) is -1.22. The molecule has 0 atom stereocenters. The summed E-state index contributed by atoms with van der Waals surface area (Å²) in [6, 6.07) is 12.4. The number of aromatic nitrogens is 1. The third kappa shape index (κ3) is 4.80. The van der Waals surface area contributed by atoms with Crippen molar-refractivity contribution >= 4 is 35.2 Å². The van der Waals surface area contributed by atoms with Crippen LogP contribution in [0.15, 0.2) is 48.5 Å². The second kappa shape index (κ2) is 8.44. The van der Waals surface area contributed by atoms with Crippen molar-refractivity contribution < 1.29 is 22.7 Å². The predicted octanol–water partition coefficient (Wildman–Crippen LogP) is 4.15. The highest BCUT2D eigenvalue weighted by Gasteiger charge is 2.34. The molecule has 3 rings (SSSR count). The molecule has 10 heteroatoms. The van der Waals surface area contributed by atoms with Crippen LogP contribution in [0.1, 0.15) is 21.6 Å². The highest BCUT2D eigenvalue weighted by atomic mass is 35.5. The molecule has 1 amide bonds. The molecule has 0 aliphatic rings. The van der Waals surface area contributed by atoms with Crippen LogP contribution in [0.2, 0.25) is 0 Å². The number of amides is 1. The van der Waals surface area contributed by atoms with Gasteiger partial charge in [-0.25, -0.2) is 0 Å². The number of hydrogen-bond donors (Lipinski definition) is 3. The molecule has 0 saturated carbocycles. The largest absolute Gasteiger partial charge is 0.489 e. The van der Waals surface area contributed by atoms with Crippen molar-refractivity contribution in [1.29, 1.82) is 5.41 Å². The number of hydrogen-bond acceptors (Lipinski definition) is 3. The number of ether oxygens (including phenoxy) is 1. The SMILES string of the molecule is CN(C(=N)N)C(=O)c1cc2c(C(F)(F)F)cc(OCc3ccccc3)cc2[nH]1.Cl. The van der Waals surface area contributed by atoms with Crippen molar-refractivity contribution in [3.8, 4) is 5.75 Å². The van der Waals surface area contributed by atoms with Gasteiger partial charge in [0.15, 0.2) is 5.96 Å². The van der Waals surface area contributed by atoms with Crippen LogP contribution in [-0.4, -0.2) is 28.8 Å². The third-order valence-electron chi connectivity index (χ3n) is 4.16. The maximum atomic E-state index is 13.5. The molecule has 6 nitrogen and oxygen atoms in total. The van der Waals surface area contributed by atoms with Crippen LogP contribution in [0.5, 0.6) is 5.75 Å². The van der Waals surface area contributed by atoms with Crippen LogP contribution < -0.4 is 10.5 Å². The van der Waals surface area contributed by atoms with E-state index in [0.29, 0.717) is 0 Å². The smallest absolute Gasteiger partial charge is 0.417 e. The number of rotatable bonds is 4. The Balaban J connectivity index is 0.00000300. The zero-order valence-corrected chi connectivity index (χ0v) is 16.0. The number of benzene rings is 2. The van der Waals surface area contributed by atoms with Gasteiger partial charge >= 0.3 is 6.18 Å². The highest BCUT2D eigenvalue weighted by Crippen LogP contribution is 2.38. The number of aromatic amines is 1. The molecular weight excluding hydrogens is 409 g/mol. The lowest BCUT2D eigenvalue weighted by Crippen LogP contribution is -2.38. The van der Waals surface area contributed by atoms with Crippen molar-refractivity contribution in [1.82, 2.24) is 9.88 Å². The number of nitrogens with zero attached hydrogens (tertiary/aromatic N) is 1. The second-order valence-electron chi connectivity index (χ2n) is 6.14. The lowest BCUT2D eigenvalue weighted by molar-refractivity contribution is -0.136. The summed E-state index contributed by atoms with van der Waals surface area (Å²) in [5, 5.41) is 7.13. The molecule has 1 aromatic heterocycles. The minimum absolute atomic E-state index is 0. The molecule has 0 unspecified atom stereocenters. The molecule has 0 aliphatic carbocycles. The maximum Gasteiger partial charge on any atom is 0.417 e. The minimum Gasteiger partial charge on any atom is -0.489 e. The summed E-state index contributed by atoms with van der Waals surface area (Å²) in [6.07, 6.45) is -4.64. The number of halogens is 4. The first-order valence-corrected chi connectivity index (χ1v) is 8.19. The zero-order chi connectivity index (χ0) is 20.5. The van der Waals surface area contributed by atoms with Gasteiger partial charge in [-0.15, -0.1) is 12.4 Å². The Labute approximate surface area is 170 Å². The van der Waals surface area contributed by atoms with Crippen LogP contribution >= 0.6 is 12.4 Å². The highest BCUT2D eigenvalue weighted by molar-refractivity contribution is 6.06. The van der Waals surface area contributed by atoms with Crippen molar-refractivity contribution in [3.63, 3.8) is 0 Å². The van der Waals surface area contributed by atoms with Gasteiger partial charge in [0.05, 0.1) is 11.1 Å². The van der Waals surface area contributed by atoms with Crippen molar-refractivity contribution in [2.45, 2.75) is 12.8 Å². The van der Waals surface area contributed by atoms with E-state index in [1.807, 2.05) is 6.07 Å². The molecule has 0 spiro atoms. The van der Waals surface area contributed by atoms with E-state index in [0.717, 1.165) is 22.6 Å². The Bertz CT molecular complexity index is 1040. The number of carbonyl (C=O) groups excluding carboxylic acids is 1. The molecule has 3 aromatic rings. The number of carbonyl (C=O) groups is 1. The molecule has 154 valence electrons. The molecular formula is C19H18ClF3N4O2. The second-order valence-corrected chi connectivity index (χ2v) is 6.14. The number of guanidine groups is 1. The van der Waals surface area contributed by atoms with Crippen LogP contribution in [0.4, 0.5) is 13.2 Å². The maximum absolute atomic E-state index is 13.5. The molecule has 0 saturated heterocycles. The molecule has 2 aromatic carbocycles. The van der Waals surface area contributed by atoms with Gasteiger partial charge in [-0.2, -0.15) is 13.2 Å². The van der Waals surface area contributed by atoms with Crippen LogP contribution in [0.3, 0.4) is 0 Å². The average Bonchev–Trinajstić information content (AvgIpc) is 3.08. The number of fused-ring (bicyclic) bond motifs is 1. The van der Waals surface area contributed by atoms with Crippen LogP contribution in [0, 0.1) is 5.41 Å². The Hall–Kier alpha value is -3.20. The van der Waals surface area contributed by atoms with E-state index in [-0.39, 0.29) is 41.4 Å². The number of nitrogens with two attached hydrogens (primary N) is 1. The van der Waals surface area contributed by atoms with E-state index in [1.54, 1.807) is 24.3 Å². The number of H-pyrrole nitrogens is 1. The van der Waals surface area contributed by atoms with Crippen LogP contribution in [-0.2, 0) is 12.8 Å². The fraction of sp³-hybridized carbons (Fsp3) is 0.158. The van der Waals surface area contributed by atoms with Gasteiger partial charge in [0.2, 0.25) is 0 Å². The Kier molecular flexibility index (Phi) is 6.43. The van der Waals surface area contributed by atoms with Gasteiger partial charge in [-0.05, 0) is 17.7 Å². The first-order chi connectivity index (χ1) is 13.2. The van der Waals surface area contributed by atoms with E-state index < -0.39 is 23.6 Å². The van der Waals surface area contributed by atoms with E-state index in [9.17, 15) is 18.0 Å². The average molecular weight is 427 g/mol. The monoisotopic (exact) mass is 426 g/mol. The van der Waals surface area contributed by atoms with Gasteiger partial charge < -0.3 is 15.5 Å². The normalized spacial score (nSPS) is 11.0. The molecule has 4 N–H and O–H groups in total. The molecule has 0 bridgehead atoms. The number of nitrogens with one attached hydrogen (secondary N) is 2. The van der Waals surface area contributed by atoms with Crippen molar-refractivity contribution in [3.05, 3.63) is 65.4 Å². The zero-order valence-electron chi connectivity index (χ0n) is 15.2. The molecule has 29 heavy (non-hydrogen) atoms. The fourth-order valence-corrected chi connectivity index (χ4v) is 2.68. The summed E-state index contributed by atoms with van der Waals surface area (Å²) in [7, 11) is 1.26. The quantitative estimate of drug-likeness (QED) is 0.432. The minimum atomic E-state index is -4.64. The first-order valence-electron chi connectivity index (χ1n) is 8.19. The van der Waals surface area contributed by atoms with Crippen molar-refractivity contribution in [2.24, 2.45) is 5.73 Å². The van der Waals surface area contributed by atoms with Crippen LogP contribution in [0.25, 0.3) is 10.9 Å². The summed E-state index contributed by atoms with van der Waals surface area (Å²) >= 11 is 0. The standard InChI is InChI=1S/C19H17F3N4O2.ClH/c1-26(18(23)24)17(27)16-9-13-14(19(20,21)22)7-12(8-15(13)25-16)28-10-11-5-3-2-4-6-11;/h2-9,25H,10H2,1H3,(H3,23,24);1H. The Morgan fingerprint density at radius 2 is 1.86 bits per heavy atom. The van der Waals surface area contributed by atoms with E-state index >= 15 is 0 Å². The summed E-state index contributed by atoms with van der Waals surface area (Å²) in [4.78, 5) is 15.8. The lowest BCUT2D eigenvalue weighted by atomic mass is 10.1. The van der Waals surface area contributed by atoms with Gasteiger partial charge in [0.25, 0.3) is 5.91 Å². The Morgan fingerprint density at radius 1 is 1.21 bits per heavy atom. The van der Waals surface area contributed by atoms with E-state index in [1.165, 1.54) is 13.1 Å². The van der Waals surface area contributed by atoms with E-state index in [2.05, 4.69) is 4.98 Å². The summed E-state index contributed by atoms with van der Waals surface area (Å²) in [6.45, 7) is 0.100. The van der Waals surface area contributed by atoms with Gasteiger partial charge in [-0.1, -0.05) is 30.3 Å². The van der Waals surface area contributed by atoms with Gasteiger partial charge in [0.1, 0.15) is 18.1 Å². The topological polar surface area (TPSA) is 95.2 Å². The summed E-state index contributed by atoms with van der Waals surface area (Å²) < 4.78 is 46.1. The van der Waals surface area contributed by atoms with E-state index in [4.69, 9.17) is 15.9 Å². The Morgan fingerprint density at radius 3 is 2.45 bits per heavy atom. The molecule has 0 fully saturated rings. The van der Waals surface area contributed by atoms with Crippen molar-refractivity contribution in [2.75, 3.05) is 7.05 Å². The molecule has 0 radical (unpaired) electrons. The fourth-order valence-electron chi connectivity index (χ4n) is 2.68. The molecule has 1 heterocycles. The lowest BCUT2D eigenvalue weighted by Gasteiger charge is -2.12. The summed E-state index contributed by atoms with van der Waals surface area (Å²) in [5.41, 5.74) is 5.13.